The summed E-state index contributed by atoms with van der Waals surface area (Å²) in [5.74, 6) is -8.18. The van der Waals surface area contributed by atoms with Gasteiger partial charge in [0.15, 0.2) is 37.7 Å². The van der Waals surface area contributed by atoms with E-state index in [4.69, 9.17) is 66.3 Å². The standard InChI is InChI=1S/C55H92N4O41/c1-15(69)57-27-19(72)4-55(54(85)86,99-44(27)30(74)20(73)6-61)100-47-34(78)24(10-65)91-53(40(47)84)96-43-29(59-17(3)71)49(88-21(7-62)31(43)75)98-46-33(77)23(9-64)89-51(39(46)83)94-41-25(11-66)92-48(28(35(41)79)58-16(2)70)97-45-32(76)22(8-63)90-52(38(45)82)95-42-26(12-67)93-50(37(81)36(42)80)87-13-18(5-60)56-14-68/h14,18-53,60-67,72-84H,4-13H2,1-3H3,(H,56,68)(H,57,69)(H,58,70)(H,59,71)(H,85,86)/t18-,19+,20-,21-,22-,23-,24-,25-,26-,27-,28-,29-,30-,31-,32+,33+,34+,35-,36-,37-,38-,39-,40-,41-,42-,43-,44-,45+,46+,47+,48+,49+,50-,51+,52+,53+,55+/m1/s1. The van der Waals surface area contributed by atoms with E-state index in [2.05, 4.69) is 21.3 Å². The predicted molar refractivity (Wildman–Crippen MR) is 308 cm³/mol. The normalized spacial score (nSPS) is 45.0. The molecule has 0 saturated carbocycles. The van der Waals surface area contributed by atoms with Crippen molar-refractivity contribution in [2.24, 2.45) is 0 Å². The molecule has 7 fully saturated rings. The second kappa shape index (κ2) is 36.8. The van der Waals surface area contributed by atoms with Crippen LogP contribution in [0.3, 0.4) is 0 Å². The van der Waals surface area contributed by atoms with Gasteiger partial charge in [0.05, 0.1) is 77.6 Å². The molecule has 7 aliphatic heterocycles. The Balaban J connectivity index is 1.11. The van der Waals surface area contributed by atoms with E-state index in [0.717, 1.165) is 20.8 Å². The highest BCUT2D eigenvalue weighted by molar-refractivity contribution is 5.77. The second-order valence-electron chi connectivity index (χ2n) is 24.7. The fourth-order valence-corrected chi connectivity index (χ4v) is 12.5. The number of aliphatic carboxylic acids is 1. The van der Waals surface area contributed by atoms with Crippen molar-refractivity contribution in [3.05, 3.63) is 0 Å². The minimum Gasteiger partial charge on any atom is -0.477 e. The van der Waals surface area contributed by atoms with Crippen LogP contribution < -0.4 is 21.3 Å². The molecule has 4 amide bonds. The molecule has 7 rings (SSSR count). The quantitative estimate of drug-likeness (QED) is 0.0287. The zero-order valence-corrected chi connectivity index (χ0v) is 53.5. The summed E-state index contributed by atoms with van der Waals surface area (Å²) < 4.78 is 81.0. The Labute approximate surface area is 565 Å². The maximum absolute atomic E-state index is 13.2. The first kappa shape index (κ1) is 83.2. The highest BCUT2D eigenvalue weighted by Crippen LogP contribution is 2.41. The number of amides is 4. The molecule has 0 bridgehead atoms. The highest BCUT2D eigenvalue weighted by Gasteiger charge is 2.62. The molecule has 7 saturated heterocycles. The van der Waals surface area contributed by atoms with Gasteiger partial charge in [0.25, 0.3) is 5.79 Å². The zero-order valence-electron chi connectivity index (χ0n) is 53.5. The summed E-state index contributed by atoms with van der Waals surface area (Å²) in [5, 5.41) is 251. The van der Waals surface area contributed by atoms with Gasteiger partial charge in [-0.3, -0.25) is 19.2 Å². The number of carboxylic acids is 1. The topological polar surface area (TPSA) is 708 Å². The van der Waals surface area contributed by atoms with Gasteiger partial charge in [-0.25, -0.2) is 4.79 Å². The van der Waals surface area contributed by atoms with Gasteiger partial charge in [-0.15, -0.1) is 0 Å². The number of carboxylic acid groups (broad SMARTS) is 1. The number of rotatable bonds is 31. The largest absolute Gasteiger partial charge is 0.477 e. The number of hydrogen-bond acceptors (Lipinski definition) is 40. The number of carbonyl (C=O) groups excluding carboxylic acids is 4. The van der Waals surface area contributed by atoms with Gasteiger partial charge >= 0.3 is 5.97 Å². The van der Waals surface area contributed by atoms with E-state index in [0.29, 0.717) is 0 Å². The summed E-state index contributed by atoms with van der Waals surface area (Å²) in [6.45, 7) is -6.11. The molecule has 26 N–H and O–H groups in total. The number of hydrogen-bond donors (Lipinski definition) is 26. The van der Waals surface area contributed by atoms with Crippen LogP contribution >= 0.6 is 0 Å². The Morgan fingerprint density at radius 3 is 1.27 bits per heavy atom. The summed E-state index contributed by atoms with van der Waals surface area (Å²) in [7, 11) is 0. The van der Waals surface area contributed by atoms with Crippen molar-refractivity contribution in [3.8, 4) is 0 Å². The maximum atomic E-state index is 13.2. The van der Waals surface area contributed by atoms with Crippen LogP contribution in [-0.2, 0) is 90.3 Å². The van der Waals surface area contributed by atoms with Crippen molar-refractivity contribution in [1.82, 2.24) is 21.3 Å². The van der Waals surface area contributed by atoms with Crippen molar-refractivity contribution < 1.29 is 203 Å². The lowest BCUT2D eigenvalue weighted by molar-refractivity contribution is -0.391. The minimum atomic E-state index is -3.27. The molecule has 7 heterocycles. The maximum Gasteiger partial charge on any atom is 0.364 e. The number of nitrogens with one attached hydrogen (secondary N) is 4. The Morgan fingerprint density at radius 2 is 0.830 bits per heavy atom. The summed E-state index contributed by atoms with van der Waals surface area (Å²) in [5.41, 5.74) is 0. The molecule has 7 aliphatic rings. The highest BCUT2D eigenvalue weighted by atomic mass is 16.8. The molecule has 0 aromatic rings. The van der Waals surface area contributed by atoms with Crippen molar-refractivity contribution in [1.29, 1.82) is 0 Å². The Bertz CT molecular complexity index is 2600. The molecular weight excluding hydrogens is 1370 g/mol. The van der Waals surface area contributed by atoms with E-state index in [1.165, 1.54) is 0 Å². The van der Waals surface area contributed by atoms with Crippen LogP contribution in [0.4, 0.5) is 0 Å². The average Bonchev–Trinajstić information content (AvgIpc) is 0.761. The Kier molecular flexibility index (Phi) is 30.6. The third-order valence-corrected chi connectivity index (χ3v) is 17.7. The van der Waals surface area contributed by atoms with Gasteiger partial charge < -0.3 is 200 Å². The van der Waals surface area contributed by atoms with E-state index >= 15 is 0 Å². The molecule has 0 unspecified atom stereocenters. The molecule has 45 heteroatoms. The Hall–Kier alpha value is -4.05. The van der Waals surface area contributed by atoms with E-state index in [1.54, 1.807) is 0 Å². The van der Waals surface area contributed by atoms with Gasteiger partial charge in [0.1, 0.15) is 165 Å². The average molecular weight is 1470 g/mol. The second-order valence-corrected chi connectivity index (χ2v) is 24.7. The molecule has 45 nitrogen and oxygen atoms in total. The van der Waals surface area contributed by atoms with E-state index < -0.39 is 316 Å². The minimum absolute atomic E-state index is 0.257. The lowest BCUT2D eigenvalue weighted by Crippen LogP contribution is -2.72. The first-order chi connectivity index (χ1) is 47.3. The van der Waals surface area contributed by atoms with Crippen molar-refractivity contribution in [3.63, 3.8) is 0 Å². The first-order valence-electron chi connectivity index (χ1n) is 31.5. The number of ether oxygens (including phenoxy) is 14. The monoisotopic (exact) mass is 1460 g/mol. The summed E-state index contributed by atoms with van der Waals surface area (Å²) in [4.78, 5) is 62.1. The van der Waals surface area contributed by atoms with E-state index in [1.807, 2.05) is 0 Å². The fraction of sp³-hybridized carbons (Fsp3) is 0.909. The number of aliphatic hydroxyl groups is 21. The fourth-order valence-electron chi connectivity index (χ4n) is 12.5. The van der Waals surface area contributed by atoms with Gasteiger partial charge in [0.2, 0.25) is 24.1 Å². The van der Waals surface area contributed by atoms with Crippen molar-refractivity contribution in [2.75, 3.05) is 59.5 Å². The van der Waals surface area contributed by atoms with Crippen LogP contribution in [0.15, 0.2) is 0 Å². The van der Waals surface area contributed by atoms with Crippen LogP contribution in [0.1, 0.15) is 27.2 Å². The molecule has 578 valence electrons. The predicted octanol–water partition coefficient (Wildman–Crippen LogP) is -17.5. The van der Waals surface area contributed by atoms with E-state index in [9.17, 15) is 136 Å². The molecule has 0 aliphatic carbocycles. The molecule has 0 spiro atoms. The lowest BCUT2D eigenvalue weighted by atomic mass is 9.88. The van der Waals surface area contributed by atoms with Crippen LogP contribution in [-0.4, -0.2) is 428 Å². The molecule has 0 aromatic carbocycles. The molecule has 0 radical (unpaired) electrons. The van der Waals surface area contributed by atoms with Crippen LogP contribution in [0.5, 0.6) is 0 Å². The smallest absolute Gasteiger partial charge is 0.364 e. The van der Waals surface area contributed by atoms with Gasteiger partial charge in [-0.2, -0.15) is 0 Å². The van der Waals surface area contributed by atoms with Crippen LogP contribution in [0.2, 0.25) is 0 Å². The zero-order chi connectivity index (χ0) is 74.1. The third kappa shape index (κ3) is 18.6. The first-order valence-corrected chi connectivity index (χ1v) is 31.5. The van der Waals surface area contributed by atoms with Crippen molar-refractivity contribution in [2.45, 2.75) is 254 Å². The van der Waals surface area contributed by atoms with Gasteiger partial charge in [-0.05, 0) is 0 Å². The van der Waals surface area contributed by atoms with Crippen molar-refractivity contribution >= 4 is 30.1 Å². The Morgan fingerprint density at radius 1 is 0.450 bits per heavy atom. The molecule has 0 aromatic heterocycles. The van der Waals surface area contributed by atoms with E-state index in [-0.39, 0.29) is 6.41 Å². The summed E-state index contributed by atoms with van der Waals surface area (Å²) in [6, 6.07) is -6.61. The van der Waals surface area contributed by atoms with Crippen LogP contribution in [0.25, 0.3) is 0 Å². The molecule has 100 heavy (non-hydrogen) atoms. The van der Waals surface area contributed by atoms with Gasteiger partial charge in [0, 0.05) is 27.2 Å². The molecular formula is C55H92N4O41. The molecule has 37 atom stereocenters. The third-order valence-electron chi connectivity index (χ3n) is 17.7. The summed E-state index contributed by atoms with van der Waals surface area (Å²) in [6.07, 6.45) is -67.8. The summed E-state index contributed by atoms with van der Waals surface area (Å²) >= 11 is 0. The van der Waals surface area contributed by atoms with Gasteiger partial charge in [-0.1, -0.05) is 0 Å². The SMILES string of the molecule is CC(=O)N[C@H]1[C@H](O[C@H]2[C@@H](O)[C@@H](CO)O[C@@H](O[C@H]3[C@H](O)[C@@H](O)[C@H](OC[C@@H](CO)NC=O)O[C@@H]3CO)[C@@H]2O)O[C@H](CO)[C@@H](O[C@@H]2O[C@H](CO)[C@H](O)[C@H](O[C@@H]3O[C@H](CO)[C@@H](O)[C@H](O[C@@H]4O[C@H](CO)[C@H](O)[C@H](O[C@]5(C(=O)O)C[C@H](O)[C@@H](NC(C)=O)[C@H]([C@H](O)[C@H](O)CO)O5)[C@H]4O)[C@H]3NC(C)=O)[C@H]2O)[C@@H]1O. The lowest BCUT2D eigenvalue weighted by Gasteiger charge is -2.51. The number of aliphatic hydroxyl groups excluding tert-OH is 21. The number of carbonyl (C=O) groups is 5. The van der Waals surface area contributed by atoms with Crippen LogP contribution in [0, 0.1) is 0 Å².